The molecule has 0 bridgehead atoms. The molecule has 7 heteroatoms. The lowest BCUT2D eigenvalue weighted by atomic mass is 10.1. The lowest BCUT2D eigenvalue weighted by Gasteiger charge is -2.07. The minimum Gasteiger partial charge on any atom is -0.508 e. The van der Waals surface area contributed by atoms with Gasteiger partial charge in [-0.3, -0.25) is 4.79 Å². The molecule has 0 saturated heterocycles. The summed E-state index contributed by atoms with van der Waals surface area (Å²) in [4.78, 5) is 16.2. The van der Waals surface area contributed by atoms with Gasteiger partial charge in [0.15, 0.2) is 0 Å². The number of aromatic hydroxyl groups is 1. The smallest absolute Gasteiger partial charge is 0.295 e. The van der Waals surface area contributed by atoms with Crippen LogP contribution in [-0.2, 0) is 0 Å². The van der Waals surface area contributed by atoms with Crippen LogP contribution in [-0.4, -0.2) is 25.7 Å². The fourth-order valence-electron chi connectivity index (χ4n) is 2.10. The summed E-state index contributed by atoms with van der Waals surface area (Å²) >= 11 is 0. The van der Waals surface area contributed by atoms with Crippen molar-refractivity contribution in [1.82, 2.24) is 9.71 Å². The number of para-hydroxylation sites is 1. The van der Waals surface area contributed by atoms with Crippen LogP contribution in [0.25, 0.3) is 10.9 Å². The van der Waals surface area contributed by atoms with Gasteiger partial charge in [-0.05, 0) is 48.9 Å². The van der Waals surface area contributed by atoms with Gasteiger partial charge >= 0.3 is 0 Å². The molecule has 3 N–H and O–H groups in total. The van der Waals surface area contributed by atoms with E-state index >= 15 is 0 Å². The third-order valence-electron chi connectivity index (χ3n) is 3.36. The molecule has 0 aliphatic carbocycles. The molecule has 2 aromatic carbocycles. The minimum absolute atomic E-state index is 0.0770. The van der Waals surface area contributed by atoms with Gasteiger partial charge in [0.25, 0.3) is 11.5 Å². The van der Waals surface area contributed by atoms with Crippen LogP contribution in [0.5, 0.6) is 5.75 Å². The highest BCUT2D eigenvalue weighted by Gasteiger charge is 2.09. The average molecular weight is 310 g/mol. The van der Waals surface area contributed by atoms with E-state index in [0.29, 0.717) is 21.3 Å². The zero-order valence-corrected chi connectivity index (χ0v) is 12.3. The highest BCUT2D eigenvalue weighted by Crippen LogP contribution is 2.12. The van der Waals surface area contributed by atoms with Crippen LogP contribution in [0, 0.1) is 0 Å². The lowest BCUT2D eigenvalue weighted by Crippen LogP contribution is -2.22. The number of benzene rings is 2. The number of nitrogens with one attached hydrogen (secondary N) is 1. The summed E-state index contributed by atoms with van der Waals surface area (Å²) in [6.45, 7) is 1.75. The molecule has 0 aliphatic heterocycles. The van der Waals surface area contributed by atoms with E-state index in [4.69, 9.17) is 0 Å². The van der Waals surface area contributed by atoms with E-state index in [2.05, 4.69) is 15.5 Å². The van der Waals surface area contributed by atoms with Crippen molar-refractivity contribution in [2.45, 2.75) is 6.92 Å². The van der Waals surface area contributed by atoms with Crippen LogP contribution in [0.3, 0.4) is 0 Å². The van der Waals surface area contributed by atoms with Crippen LogP contribution in [0.2, 0.25) is 0 Å². The van der Waals surface area contributed by atoms with Gasteiger partial charge in [0.2, 0.25) is 0 Å². The monoisotopic (exact) mass is 310 g/mol. The maximum absolute atomic E-state index is 12.1. The van der Waals surface area contributed by atoms with Crippen molar-refractivity contribution in [2.75, 3.05) is 5.43 Å². The zero-order chi connectivity index (χ0) is 16.4. The van der Waals surface area contributed by atoms with Gasteiger partial charge in [0, 0.05) is 0 Å². The Hall–Kier alpha value is -3.35. The van der Waals surface area contributed by atoms with Crippen LogP contribution >= 0.6 is 0 Å². The Kier molecular flexibility index (Phi) is 3.68. The minimum atomic E-state index is -0.574. The third-order valence-corrected chi connectivity index (χ3v) is 3.36. The molecule has 0 unspecified atom stereocenters. The number of hydrogen-bond acceptors (Lipinski definition) is 6. The first-order valence-electron chi connectivity index (χ1n) is 6.87. The quantitative estimate of drug-likeness (QED) is 0.391. The molecular weight excluding hydrogens is 296 g/mol. The van der Waals surface area contributed by atoms with Crippen molar-refractivity contribution in [1.29, 1.82) is 0 Å². The fourth-order valence-corrected chi connectivity index (χ4v) is 2.10. The Morgan fingerprint density at radius 3 is 2.61 bits per heavy atom. The van der Waals surface area contributed by atoms with E-state index in [1.165, 1.54) is 0 Å². The Morgan fingerprint density at radius 2 is 1.87 bits per heavy atom. The van der Waals surface area contributed by atoms with Crippen molar-refractivity contribution in [3.05, 3.63) is 64.4 Å². The van der Waals surface area contributed by atoms with Crippen LogP contribution in [0.15, 0.2) is 58.4 Å². The van der Waals surface area contributed by atoms with Gasteiger partial charge in [-0.2, -0.15) is 5.10 Å². The van der Waals surface area contributed by atoms with Gasteiger partial charge in [-0.1, -0.05) is 12.1 Å². The van der Waals surface area contributed by atoms with Crippen molar-refractivity contribution in [3.8, 4) is 5.75 Å². The molecule has 3 aromatic rings. The third kappa shape index (κ3) is 2.84. The Labute approximate surface area is 131 Å². The van der Waals surface area contributed by atoms with Crippen LogP contribution in [0.1, 0.15) is 12.5 Å². The Morgan fingerprint density at radius 1 is 1.17 bits per heavy atom. The standard InChI is InChI=1S/C16H14N4O3/c1-10(11-6-8-12(21)9-7-11)18-19-16-17-14-5-3-2-4-13(14)15(22)20(16)23/h2-9,21,23H,1H3,(H,17,19). The molecule has 116 valence electrons. The molecule has 1 heterocycles. The first-order chi connectivity index (χ1) is 11.1. The van der Waals surface area contributed by atoms with Crippen molar-refractivity contribution in [2.24, 2.45) is 5.10 Å². The molecule has 7 nitrogen and oxygen atoms in total. The molecule has 0 fully saturated rings. The number of phenols is 1. The second kappa shape index (κ2) is 5.80. The summed E-state index contributed by atoms with van der Waals surface area (Å²) in [5.74, 6) is 0.0849. The Bertz CT molecular complexity index is 946. The number of rotatable bonds is 3. The summed E-state index contributed by atoms with van der Waals surface area (Å²) in [7, 11) is 0. The second-order valence-electron chi connectivity index (χ2n) is 4.93. The number of nitrogens with zero attached hydrogens (tertiary/aromatic N) is 3. The average Bonchev–Trinajstić information content (AvgIpc) is 2.57. The van der Waals surface area contributed by atoms with E-state index in [1.54, 1.807) is 55.5 Å². The normalized spacial score (nSPS) is 11.6. The molecule has 0 radical (unpaired) electrons. The van der Waals surface area contributed by atoms with E-state index in [9.17, 15) is 15.1 Å². The van der Waals surface area contributed by atoms with Crippen molar-refractivity contribution in [3.63, 3.8) is 0 Å². The highest BCUT2D eigenvalue weighted by molar-refractivity contribution is 5.99. The predicted octanol–water partition coefficient (Wildman–Crippen LogP) is 2.18. The topological polar surface area (TPSA) is 99.7 Å². The van der Waals surface area contributed by atoms with Gasteiger partial charge in [0.1, 0.15) is 5.75 Å². The lowest BCUT2D eigenvalue weighted by molar-refractivity contribution is 0.179. The number of fused-ring (bicyclic) bond motifs is 1. The molecule has 0 atom stereocenters. The number of phenolic OH excluding ortho intramolecular Hbond substituents is 1. The Balaban J connectivity index is 1.95. The van der Waals surface area contributed by atoms with Crippen LogP contribution < -0.4 is 11.0 Å². The second-order valence-corrected chi connectivity index (χ2v) is 4.93. The molecule has 3 rings (SSSR count). The molecule has 23 heavy (non-hydrogen) atoms. The molecule has 0 spiro atoms. The van der Waals surface area contributed by atoms with Crippen LogP contribution in [0.4, 0.5) is 5.95 Å². The predicted molar refractivity (Wildman–Crippen MR) is 87.1 cm³/mol. The summed E-state index contributed by atoms with van der Waals surface area (Å²) in [6.07, 6.45) is 0. The first kappa shape index (κ1) is 14.6. The first-order valence-corrected chi connectivity index (χ1v) is 6.87. The maximum atomic E-state index is 12.1. The van der Waals surface area contributed by atoms with Gasteiger partial charge < -0.3 is 10.3 Å². The highest BCUT2D eigenvalue weighted by atomic mass is 16.5. The SMILES string of the molecule is CC(=NNc1nc2ccccc2c(=O)n1O)c1ccc(O)cc1. The van der Waals surface area contributed by atoms with E-state index < -0.39 is 5.56 Å². The summed E-state index contributed by atoms with van der Waals surface area (Å²) in [6, 6.07) is 13.2. The van der Waals surface area contributed by atoms with E-state index in [0.717, 1.165) is 5.56 Å². The van der Waals surface area contributed by atoms with Gasteiger partial charge in [-0.15, -0.1) is 4.73 Å². The largest absolute Gasteiger partial charge is 0.508 e. The number of aromatic nitrogens is 2. The molecular formula is C16H14N4O3. The van der Waals surface area contributed by atoms with E-state index in [1.807, 2.05) is 0 Å². The summed E-state index contributed by atoms with van der Waals surface area (Å²) in [5.41, 5.74) is 3.86. The fraction of sp³-hybridized carbons (Fsp3) is 0.0625. The van der Waals surface area contributed by atoms with Crippen molar-refractivity contribution >= 4 is 22.6 Å². The number of hydrogen-bond donors (Lipinski definition) is 3. The van der Waals surface area contributed by atoms with Crippen molar-refractivity contribution < 1.29 is 10.3 Å². The van der Waals surface area contributed by atoms with E-state index in [-0.39, 0.29) is 11.7 Å². The number of anilines is 1. The molecule has 1 aromatic heterocycles. The van der Waals surface area contributed by atoms with Gasteiger partial charge in [-0.25, -0.2) is 10.4 Å². The van der Waals surface area contributed by atoms with Gasteiger partial charge in [0.05, 0.1) is 16.6 Å². The number of hydrazone groups is 1. The zero-order valence-electron chi connectivity index (χ0n) is 12.3. The maximum Gasteiger partial charge on any atom is 0.295 e. The molecule has 0 aliphatic rings. The summed E-state index contributed by atoms with van der Waals surface area (Å²) < 4.78 is 0.427. The summed E-state index contributed by atoms with van der Waals surface area (Å²) in [5, 5.41) is 23.6. The molecule has 0 saturated carbocycles. The molecule has 0 amide bonds.